The van der Waals surface area contributed by atoms with Crippen molar-refractivity contribution in [3.05, 3.63) is 66.4 Å². The first-order chi connectivity index (χ1) is 16.6. The molecule has 1 aromatic heterocycles. The van der Waals surface area contributed by atoms with Crippen LogP contribution in [0.25, 0.3) is 16.9 Å². The van der Waals surface area contributed by atoms with E-state index in [2.05, 4.69) is 10.2 Å². The zero-order valence-corrected chi connectivity index (χ0v) is 19.3. The number of rotatable bonds is 7. The maximum Gasteiger partial charge on any atom is 0.257 e. The number of carbonyl (C=O) groups is 2. The number of amides is 2. The molecule has 8 heteroatoms. The van der Waals surface area contributed by atoms with Gasteiger partial charge in [-0.05, 0) is 49.2 Å². The first-order valence-corrected chi connectivity index (χ1v) is 11.7. The summed E-state index contributed by atoms with van der Waals surface area (Å²) in [6.45, 7) is 2.90. The van der Waals surface area contributed by atoms with Crippen molar-refractivity contribution < 1.29 is 14.3 Å². The maximum atomic E-state index is 13.6. The topological polar surface area (TPSA) is 79.7 Å². The van der Waals surface area contributed by atoms with E-state index in [0.717, 1.165) is 29.8 Å². The lowest BCUT2D eigenvalue weighted by atomic mass is 10.1. The lowest BCUT2D eigenvalue weighted by Gasteiger charge is -2.34. The van der Waals surface area contributed by atoms with E-state index in [1.165, 1.54) is 0 Å². The van der Waals surface area contributed by atoms with Crippen LogP contribution in [0.4, 0.5) is 0 Å². The number of nitrogens with one attached hydrogen (secondary N) is 1. The third-order valence-electron chi connectivity index (χ3n) is 6.30. The molecule has 34 heavy (non-hydrogen) atoms. The second-order valence-corrected chi connectivity index (χ2v) is 8.81. The van der Waals surface area contributed by atoms with Gasteiger partial charge in [0.15, 0.2) is 0 Å². The summed E-state index contributed by atoms with van der Waals surface area (Å²) in [7, 11) is 1.63. The van der Waals surface area contributed by atoms with E-state index in [1.54, 1.807) is 11.8 Å². The molecule has 5 rings (SSSR count). The monoisotopic (exact) mass is 459 g/mol. The number of hydrogen-bond acceptors (Lipinski definition) is 5. The molecule has 2 amide bonds. The second kappa shape index (κ2) is 9.69. The Labute approximate surface area is 199 Å². The van der Waals surface area contributed by atoms with Crippen LogP contribution in [0.5, 0.6) is 5.75 Å². The van der Waals surface area contributed by atoms with E-state index in [0.29, 0.717) is 50.0 Å². The zero-order valence-electron chi connectivity index (χ0n) is 19.3. The molecule has 176 valence electrons. The van der Waals surface area contributed by atoms with Crippen LogP contribution in [0.2, 0.25) is 0 Å². The Kier molecular flexibility index (Phi) is 6.31. The minimum Gasteiger partial charge on any atom is -0.497 e. The first-order valence-electron chi connectivity index (χ1n) is 11.7. The number of para-hydroxylation sites is 1. The fourth-order valence-electron chi connectivity index (χ4n) is 4.19. The van der Waals surface area contributed by atoms with Crippen LogP contribution in [0.1, 0.15) is 23.2 Å². The average Bonchev–Trinajstić information content (AvgIpc) is 3.58. The maximum absolute atomic E-state index is 13.6. The normalized spacial score (nSPS) is 16.3. The smallest absolute Gasteiger partial charge is 0.257 e. The van der Waals surface area contributed by atoms with Crippen molar-refractivity contribution in [2.45, 2.75) is 18.9 Å². The highest BCUT2D eigenvalue weighted by atomic mass is 16.5. The molecule has 1 aliphatic heterocycles. The Morgan fingerprint density at radius 1 is 1.00 bits per heavy atom. The largest absolute Gasteiger partial charge is 0.497 e. The molecular formula is C26H29N5O3. The Morgan fingerprint density at radius 3 is 2.35 bits per heavy atom. The van der Waals surface area contributed by atoms with Crippen molar-refractivity contribution in [1.29, 1.82) is 0 Å². The van der Waals surface area contributed by atoms with Crippen molar-refractivity contribution in [3.8, 4) is 22.7 Å². The standard InChI is InChI=1S/C26H29N5O3/c1-34-22-11-7-19(8-12-22)25-23(17-31(28-25)21-5-3-2-4-6-21)26(33)30-15-13-29(14-16-30)18-24(32)27-20-9-10-20/h2-8,11-12,17,20H,9-10,13-16,18H2,1H3,(H,27,32). The van der Waals surface area contributed by atoms with Crippen molar-refractivity contribution in [1.82, 2.24) is 24.9 Å². The highest BCUT2D eigenvalue weighted by molar-refractivity contribution is 6.00. The van der Waals surface area contributed by atoms with Crippen molar-refractivity contribution in [2.75, 3.05) is 39.8 Å². The molecule has 1 N–H and O–H groups in total. The molecule has 2 fully saturated rings. The molecule has 0 atom stereocenters. The summed E-state index contributed by atoms with van der Waals surface area (Å²) in [5.41, 5.74) is 2.95. The average molecular weight is 460 g/mol. The van der Waals surface area contributed by atoms with E-state index in [-0.39, 0.29) is 11.8 Å². The summed E-state index contributed by atoms with van der Waals surface area (Å²) in [4.78, 5) is 29.7. The molecule has 2 aliphatic rings. The van der Waals surface area contributed by atoms with Gasteiger partial charge in [-0.2, -0.15) is 5.10 Å². The lowest BCUT2D eigenvalue weighted by Crippen LogP contribution is -2.51. The SMILES string of the molecule is COc1ccc(-c2nn(-c3ccccc3)cc2C(=O)N2CCN(CC(=O)NC3CC3)CC2)cc1. The summed E-state index contributed by atoms with van der Waals surface area (Å²) < 4.78 is 7.04. The van der Waals surface area contributed by atoms with Gasteiger partial charge >= 0.3 is 0 Å². The Morgan fingerprint density at radius 2 is 1.71 bits per heavy atom. The van der Waals surface area contributed by atoms with Gasteiger partial charge in [0, 0.05) is 44.0 Å². The fraction of sp³-hybridized carbons (Fsp3) is 0.346. The van der Waals surface area contributed by atoms with Crippen molar-refractivity contribution in [3.63, 3.8) is 0 Å². The van der Waals surface area contributed by atoms with E-state index >= 15 is 0 Å². The molecule has 2 heterocycles. The summed E-state index contributed by atoms with van der Waals surface area (Å²) in [5.74, 6) is 0.782. The number of benzene rings is 2. The van der Waals surface area contributed by atoms with Gasteiger partial charge in [-0.3, -0.25) is 14.5 Å². The van der Waals surface area contributed by atoms with Crippen LogP contribution in [-0.2, 0) is 4.79 Å². The van der Waals surface area contributed by atoms with Crippen LogP contribution >= 0.6 is 0 Å². The number of hydrogen-bond donors (Lipinski definition) is 1. The first kappa shape index (κ1) is 22.2. The minimum absolute atomic E-state index is 0.0462. The second-order valence-electron chi connectivity index (χ2n) is 8.81. The number of ether oxygens (including phenoxy) is 1. The van der Waals surface area contributed by atoms with Crippen molar-refractivity contribution >= 4 is 11.8 Å². The molecule has 2 aromatic carbocycles. The Balaban J connectivity index is 1.34. The Bertz CT molecular complexity index is 1150. The summed E-state index contributed by atoms with van der Waals surface area (Å²) in [6.07, 6.45) is 3.98. The van der Waals surface area contributed by atoms with Gasteiger partial charge in [0.05, 0.1) is 24.9 Å². The number of aromatic nitrogens is 2. The molecule has 0 spiro atoms. The number of methoxy groups -OCH3 is 1. The zero-order chi connectivity index (χ0) is 23.5. The van der Waals surface area contributed by atoms with Crippen molar-refractivity contribution in [2.24, 2.45) is 0 Å². The van der Waals surface area contributed by atoms with E-state index in [9.17, 15) is 9.59 Å². The number of carbonyl (C=O) groups excluding carboxylic acids is 2. The molecular weight excluding hydrogens is 430 g/mol. The highest BCUT2D eigenvalue weighted by Crippen LogP contribution is 2.27. The van der Waals surface area contributed by atoms with Crippen LogP contribution in [0.15, 0.2) is 60.8 Å². The van der Waals surface area contributed by atoms with E-state index in [4.69, 9.17) is 9.84 Å². The van der Waals surface area contributed by atoms with Gasteiger partial charge in [-0.15, -0.1) is 0 Å². The van der Waals surface area contributed by atoms with Gasteiger partial charge in [0.1, 0.15) is 11.4 Å². The molecule has 1 aliphatic carbocycles. The lowest BCUT2D eigenvalue weighted by molar-refractivity contribution is -0.122. The molecule has 0 radical (unpaired) electrons. The molecule has 1 saturated carbocycles. The van der Waals surface area contributed by atoms with Gasteiger partial charge < -0.3 is 15.0 Å². The predicted octanol–water partition coefficient (Wildman–Crippen LogP) is 2.58. The van der Waals surface area contributed by atoms with Gasteiger partial charge in [0.25, 0.3) is 5.91 Å². The van der Waals surface area contributed by atoms with Crippen LogP contribution in [0, 0.1) is 0 Å². The summed E-state index contributed by atoms with van der Waals surface area (Å²) in [5, 5.41) is 7.81. The van der Waals surface area contributed by atoms with Gasteiger partial charge in [-0.1, -0.05) is 18.2 Å². The fourth-order valence-corrected chi connectivity index (χ4v) is 4.19. The molecule has 3 aromatic rings. The van der Waals surface area contributed by atoms with Crippen LogP contribution < -0.4 is 10.1 Å². The van der Waals surface area contributed by atoms with E-state index < -0.39 is 0 Å². The number of nitrogens with zero attached hydrogens (tertiary/aromatic N) is 4. The predicted molar refractivity (Wildman–Crippen MR) is 129 cm³/mol. The third-order valence-corrected chi connectivity index (χ3v) is 6.30. The van der Waals surface area contributed by atoms with E-state index in [1.807, 2.05) is 65.7 Å². The molecule has 1 saturated heterocycles. The quantitative estimate of drug-likeness (QED) is 0.588. The molecule has 0 unspecified atom stereocenters. The van der Waals surface area contributed by atoms with Gasteiger partial charge in [-0.25, -0.2) is 4.68 Å². The third kappa shape index (κ3) is 4.97. The molecule has 0 bridgehead atoms. The van der Waals surface area contributed by atoms with Gasteiger partial charge in [0.2, 0.25) is 5.91 Å². The summed E-state index contributed by atoms with van der Waals surface area (Å²) in [6, 6.07) is 17.7. The number of piperazine rings is 1. The van der Waals surface area contributed by atoms with Crippen LogP contribution in [-0.4, -0.2) is 77.3 Å². The van der Waals surface area contributed by atoms with Crippen LogP contribution in [0.3, 0.4) is 0 Å². The summed E-state index contributed by atoms with van der Waals surface area (Å²) >= 11 is 0. The molecule has 8 nitrogen and oxygen atoms in total. The highest BCUT2D eigenvalue weighted by Gasteiger charge is 2.28. The minimum atomic E-state index is -0.0462. The Hall–Kier alpha value is -3.65.